The number of thiocarbonyl (C=S) groups is 1. The van der Waals surface area contributed by atoms with Gasteiger partial charge in [-0.25, -0.2) is 0 Å². The molecule has 0 aliphatic carbocycles. The molecule has 0 atom stereocenters. The van der Waals surface area contributed by atoms with Gasteiger partial charge in [-0.3, -0.25) is 14.9 Å². The summed E-state index contributed by atoms with van der Waals surface area (Å²) in [6.45, 7) is 4.73. The van der Waals surface area contributed by atoms with Crippen LogP contribution in [-0.2, 0) is 9.59 Å². The maximum absolute atomic E-state index is 12.1. The van der Waals surface area contributed by atoms with Crippen molar-refractivity contribution >= 4 is 58.2 Å². The molecule has 8 heteroatoms. The highest BCUT2D eigenvalue weighted by atomic mass is 35.5. The van der Waals surface area contributed by atoms with E-state index in [2.05, 4.69) is 15.5 Å². The molecule has 1 saturated heterocycles. The smallest absolute Gasteiger partial charge is 0.250 e. The fourth-order valence-electron chi connectivity index (χ4n) is 3.31. The molecule has 0 saturated carbocycles. The van der Waals surface area contributed by atoms with Crippen LogP contribution in [0.1, 0.15) is 18.9 Å². The Hall–Kier alpha value is -2.90. The first-order valence-corrected chi connectivity index (χ1v) is 10.9. The fraction of sp³-hybridized carbons (Fsp3) is 0.261. The Morgan fingerprint density at radius 3 is 2.45 bits per heavy atom. The highest BCUT2D eigenvalue weighted by Gasteiger charge is 2.21. The lowest BCUT2D eigenvalue weighted by atomic mass is 10.2. The van der Waals surface area contributed by atoms with Crippen molar-refractivity contribution in [2.24, 2.45) is 0 Å². The lowest BCUT2D eigenvalue weighted by Crippen LogP contribution is -2.48. The third-order valence-corrected chi connectivity index (χ3v) is 5.45. The molecule has 0 bridgehead atoms. The zero-order chi connectivity index (χ0) is 22.2. The van der Waals surface area contributed by atoms with Crippen LogP contribution >= 0.6 is 23.8 Å². The zero-order valence-electron chi connectivity index (χ0n) is 17.3. The van der Waals surface area contributed by atoms with E-state index in [1.165, 1.54) is 6.08 Å². The van der Waals surface area contributed by atoms with Crippen molar-refractivity contribution in [3.63, 3.8) is 0 Å². The van der Waals surface area contributed by atoms with Crippen LogP contribution < -0.4 is 15.5 Å². The minimum absolute atomic E-state index is 0.180. The summed E-state index contributed by atoms with van der Waals surface area (Å²) in [6.07, 6.45) is 3.68. The third kappa shape index (κ3) is 6.54. The fourth-order valence-corrected chi connectivity index (χ4v) is 3.83. The second-order valence-corrected chi connectivity index (χ2v) is 7.89. The number of halogens is 1. The predicted molar refractivity (Wildman–Crippen MR) is 130 cm³/mol. The van der Waals surface area contributed by atoms with Crippen molar-refractivity contribution in [3.8, 4) is 0 Å². The molecule has 0 spiro atoms. The molecule has 2 aromatic carbocycles. The molecule has 1 fully saturated rings. The standard InChI is InChI=1S/C23H25ClN4O2S/c1-2-22(30)28-14-12-27(13-15-28)20-10-9-18(16-19(20)24)25-23(31)26-21(29)11-8-17-6-4-3-5-7-17/h3-11,16H,2,12-15H2,1H3,(H2,25,26,29,31)/b11-8+. The molecule has 2 aromatic rings. The van der Waals surface area contributed by atoms with Gasteiger partial charge in [0.15, 0.2) is 5.11 Å². The first-order chi connectivity index (χ1) is 15.0. The number of nitrogens with one attached hydrogen (secondary N) is 2. The van der Waals surface area contributed by atoms with Crippen LogP contribution in [0.5, 0.6) is 0 Å². The average Bonchev–Trinajstić information content (AvgIpc) is 2.78. The Balaban J connectivity index is 1.53. The van der Waals surface area contributed by atoms with Gasteiger partial charge in [0, 0.05) is 44.4 Å². The number of rotatable bonds is 5. The first-order valence-electron chi connectivity index (χ1n) is 10.1. The SMILES string of the molecule is CCC(=O)N1CCN(c2ccc(NC(=S)NC(=O)/C=C/c3ccccc3)cc2Cl)CC1. The number of benzene rings is 2. The van der Waals surface area contributed by atoms with Crippen LogP contribution in [-0.4, -0.2) is 48.0 Å². The summed E-state index contributed by atoms with van der Waals surface area (Å²) in [5.41, 5.74) is 2.53. The molecule has 6 nitrogen and oxygen atoms in total. The van der Waals surface area contributed by atoms with Gasteiger partial charge in [-0.05, 0) is 42.1 Å². The summed E-state index contributed by atoms with van der Waals surface area (Å²) in [5, 5.41) is 6.38. The second-order valence-electron chi connectivity index (χ2n) is 7.07. The van der Waals surface area contributed by atoms with Crippen molar-refractivity contribution in [1.29, 1.82) is 0 Å². The second kappa shape index (κ2) is 10.9. The molecule has 1 heterocycles. The number of amides is 2. The van der Waals surface area contributed by atoms with E-state index >= 15 is 0 Å². The number of carbonyl (C=O) groups excluding carboxylic acids is 2. The van der Waals surface area contributed by atoms with Gasteiger partial charge in [0.1, 0.15) is 0 Å². The number of nitrogens with zero attached hydrogens (tertiary/aromatic N) is 2. The van der Waals surface area contributed by atoms with Gasteiger partial charge in [-0.2, -0.15) is 0 Å². The van der Waals surface area contributed by atoms with Gasteiger partial charge >= 0.3 is 0 Å². The van der Waals surface area contributed by atoms with Crippen molar-refractivity contribution in [2.45, 2.75) is 13.3 Å². The van der Waals surface area contributed by atoms with Gasteiger partial charge in [0.05, 0.1) is 10.7 Å². The Morgan fingerprint density at radius 2 is 1.81 bits per heavy atom. The van der Waals surface area contributed by atoms with Crippen molar-refractivity contribution in [2.75, 3.05) is 36.4 Å². The minimum atomic E-state index is -0.316. The monoisotopic (exact) mass is 456 g/mol. The third-order valence-electron chi connectivity index (χ3n) is 4.94. The molecule has 162 valence electrons. The summed E-state index contributed by atoms with van der Waals surface area (Å²) in [6, 6.07) is 15.1. The van der Waals surface area contributed by atoms with Crippen LogP contribution in [0.2, 0.25) is 5.02 Å². The quantitative estimate of drug-likeness (QED) is 0.527. The molecule has 0 radical (unpaired) electrons. The largest absolute Gasteiger partial charge is 0.367 e. The van der Waals surface area contributed by atoms with Gasteiger partial charge in [0.2, 0.25) is 11.8 Å². The van der Waals surface area contributed by atoms with E-state index in [4.69, 9.17) is 23.8 Å². The highest BCUT2D eigenvalue weighted by molar-refractivity contribution is 7.80. The Kier molecular flexibility index (Phi) is 8.03. The summed E-state index contributed by atoms with van der Waals surface area (Å²) >= 11 is 11.7. The normalized spacial score (nSPS) is 13.9. The van der Waals surface area contributed by atoms with Crippen LogP contribution in [0.15, 0.2) is 54.6 Å². The summed E-state index contributed by atoms with van der Waals surface area (Å²) in [5.74, 6) is -0.136. The van der Waals surface area contributed by atoms with Crippen molar-refractivity contribution < 1.29 is 9.59 Å². The molecule has 3 rings (SSSR count). The van der Waals surface area contributed by atoms with E-state index in [1.54, 1.807) is 12.1 Å². The number of anilines is 2. The maximum Gasteiger partial charge on any atom is 0.250 e. The molecule has 1 aliphatic rings. The number of hydrogen-bond donors (Lipinski definition) is 2. The molecule has 2 N–H and O–H groups in total. The molecule has 1 aliphatic heterocycles. The number of carbonyl (C=O) groups is 2. The molecule has 31 heavy (non-hydrogen) atoms. The Labute approximate surface area is 192 Å². The molecule has 0 aromatic heterocycles. The van der Waals surface area contributed by atoms with Gasteiger partial charge in [0.25, 0.3) is 0 Å². The predicted octanol–water partition coefficient (Wildman–Crippen LogP) is 3.93. The van der Waals surface area contributed by atoms with Gasteiger partial charge in [-0.1, -0.05) is 48.9 Å². The van der Waals surface area contributed by atoms with Gasteiger partial charge in [-0.15, -0.1) is 0 Å². The van der Waals surface area contributed by atoms with E-state index in [-0.39, 0.29) is 16.9 Å². The van der Waals surface area contributed by atoms with Gasteiger partial charge < -0.3 is 15.1 Å². The van der Waals surface area contributed by atoms with E-state index < -0.39 is 0 Å². The summed E-state index contributed by atoms with van der Waals surface area (Å²) in [4.78, 5) is 27.9. The Bertz CT molecular complexity index is 973. The van der Waals surface area contributed by atoms with E-state index in [0.717, 1.165) is 24.3 Å². The van der Waals surface area contributed by atoms with Crippen molar-refractivity contribution in [1.82, 2.24) is 10.2 Å². The Morgan fingerprint density at radius 1 is 1.10 bits per heavy atom. The van der Waals surface area contributed by atoms with Crippen molar-refractivity contribution in [3.05, 3.63) is 65.2 Å². The topological polar surface area (TPSA) is 64.7 Å². The maximum atomic E-state index is 12.1. The summed E-state index contributed by atoms with van der Waals surface area (Å²) in [7, 11) is 0. The number of piperazine rings is 1. The van der Waals surface area contributed by atoms with E-state index in [9.17, 15) is 9.59 Å². The molecular formula is C23H25ClN4O2S. The minimum Gasteiger partial charge on any atom is -0.367 e. The summed E-state index contributed by atoms with van der Waals surface area (Å²) < 4.78 is 0. The van der Waals surface area contributed by atoms with Crippen LogP contribution in [0.3, 0.4) is 0 Å². The number of hydrogen-bond acceptors (Lipinski definition) is 4. The highest BCUT2D eigenvalue weighted by Crippen LogP contribution is 2.29. The molecule has 0 unspecified atom stereocenters. The lowest BCUT2D eigenvalue weighted by Gasteiger charge is -2.36. The molecular weight excluding hydrogens is 432 g/mol. The van der Waals surface area contributed by atoms with E-state index in [0.29, 0.717) is 30.2 Å². The zero-order valence-corrected chi connectivity index (χ0v) is 18.9. The van der Waals surface area contributed by atoms with Crippen LogP contribution in [0, 0.1) is 0 Å². The average molecular weight is 457 g/mol. The first kappa shape index (κ1) is 22.8. The molecule has 2 amide bonds. The van der Waals surface area contributed by atoms with E-state index in [1.807, 2.05) is 54.3 Å². The lowest BCUT2D eigenvalue weighted by molar-refractivity contribution is -0.131. The van der Waals surface area contributed by atoms with Crippen LogP contribution in [0.25, 0.3) is 6.08 Å². The van der Waals surface area contributed by atoms with Crippen LogP contribution in [0.4, 0.5) is 11.4 Å².